The molecular formula is C27H28O2Se. The summed E-state index contributed by atoms with van der Waals surface area (Å²) in [5, 5.41) is 0. The van der Waals surface area contributed by atoms with Crippen molar-refractivity contribution >= 4 is 31.0 Å². The summed E-state index contributed by atoms with van der Waals surface area (Å²) in [6.45, 7) is 2.31. The van der Waals surface area contributed by atoms with Crippen LogP contribution in [0.15, 0.2) is 97.1 Å². The third-order valence-electron chi connectivity index (χ3n) is 4.76. The Labute approximate surface area is 186 Å². The molecule has 30 heavy (non-hydrogen) atoms. The molecule has 0 bridgehead atoms. The maximum absolute atomic E-state index is 12.5. The van der Waals surface area contributed by atoms with E-state index < -0.39 is 0 Å². The first kappa shape index (κ1) is 22.1. The molecular weight excluding hydrogens is 435 g/mol. The monoisotopic (exact) mass is 464 g/mol. The summed E-state index contributed by atoms with van der Waals surface area (Å²) in [7, 11) is 0. The van der Waals surface area contributed by atoms with Crippen molar-refractivity contribution in [2.45, 2.75) is 31.0 Å². The molecule has 0 N–H and O–H groups in total. The van der Waals surface area contributed by atoms with Crippen LogP contribution in [0.2, 0.25) is 4.82 Å². The predicted molar refractivity (Wildman–Crippen MR) is 126 cm³/mol. The number of rotatable bonds is 10. The van der Waals surface area contributed by atoms with Crippen molar-refractivity contribution in [3.05, 3.63) is 108 Å². The number of hydrogen-bond donors (Lipinski definition) is 0. The Morgan fingerprint density at radius 2 is 1.40 bits per heavy atom. The van der Waals surface area contributed by atoms with E-state index in [-0.39, 0.29) is 25.7 Å². The van der Waals surface area contributed by atoms with Crippen LogP contribution in [0, 0.1) is 0 Å². The summed E-state index contributed by atoms with van der Waals surface area (Å²) in [5.74, 6) is -0.0586. The molecule has 3 aromatic rings. The number of hydrogen-bond acceptors (Lipinski definition) is 2. The van der Waals surface area contributed by atoms with Gasteiger partial charge in [0.15, 0.2) is 0 Å². The van der Waals surface area contributed by atoms with Crippen molar-refractivity contribution in [3.63, 3.8) is 0 Å². The van der Waals surface area contributed by atoms with Gasteiger partial charge >= 0.3 is 186 Å². The summed E-state index contributed by atoms with van der Waals surface area (Å²) < 4.78 is 6.60. The summed E-state index contributed by atoms with van der Waals surface area (Å²) >= 11 is 0.0823. The molecule has 2 nitrogen and oxygen atoms in total. The molecule has 3 heteroatoms. The van der Waals surface area contributed by atoms with Gasteiger partial charge in [0, 0.05) is 0 Å². The van der Waals surface area contributed by atoms with Gasteiger partial charge in [0.2, 0.25) is 0 Å². The Kier molecular flexibility index (Phi) is 8.96. The quantitative estimate of drug-likeness (QED) is 0.220. The predicted octanol–water partition coefficient (Wildman–Crippen LogP) is 5.67. The number of allylic oxidation sites excluding steroid dienone is 1. The number of carbonyl (C=O) groups excluding carboxylic acids is 1. The van der Waals surface area contributed by atoms with Gasteiger partial charge in [-0.05, 0) is 0 Å². The molecule has 0 aliphatic heterocycles. The number of benzene rings is 3. The molecule has 0 aliphatic rings. The molecule has 1 unspecified atom stereocenters. The molecule has 0 saturated carbocycles. The SMILES string of the molecule is CCOC(=O)C(CCCC=C(c1ccccc1)c1ccccc1)[Se]c1ccccc1. The Morgan fingerprint density at radius 3 is 1.93 bits per heavy atom. The number of ether oxygens (including phenoxy) is 1. The first-order chi connectivity index (χ1) is 14.8. The Hall–Kier alpha value is -2.61. The van der Waals surface area contributed by atoms with E-state index in [4.69, 9.17) is 4.74 Å². The van der Waals surface area contributed by atoms with E-state index in [0.717, 1.165) is 19.3 Å². The van der Waals surface area contributed by atoms with Crippen molar-refractivity contribution in [1.29, 1.82) is 0 Å². The summed E-state index contributed by atoms with van der Waals surface area (Å²) in [6, 6.07) is 31.3. The second kappa shape index (κ2) is 12.2. The zero-order valence-electron chi connectivity index (χ0n) is 17.4. The van der Waals surface area contributed by atoms with Gasteiger partial charge in [-0.2, -0.15) is 0 Å². The van der Waals surface area contributed by atoms with Crippen LogP contribution < -0.4 is 4.46 Å². The molecule has 0 heterocycles. The molecule has 3 rings (SSSR count). The van der Waals surface area contributed by atoms with E-state index in [0.29, 0.717) is 6.61 Å². The van der Waals surface area contributed by atoms with Crippen molar-refractivity contribution in [2.75, 3.05) is 6.61 Å². The van der Waals surface area contributed by atoms with Crippen LogP contribution >= 0.6 is 0 Å². The van der Waals surface area contributed by atoms with Crippen LogP contribution in [-0.4, -0.2) is 27.5 Å². The van der Waals surface area contributed by atoms with E-state index in [1.165, 1.54) is 21.2 Å². The Morgan fingerprint density at radius 1 is 0.867 bits per heavy atom. The zero-order chi connectivity index (χ0) is 21.0. The molecule has 0 aliphatic carbocycles. The van der Waals surface area contributed by atoms with Gasteiger partial charge in [-0.15, -0.1) is 0 Å². The van der Waals surface area contributed by atoms with E-state index in [1.807, 2.05) is 37.3 Å². The number of unbranched alkanes of at least 4 members (excludes halogenated alkanes) is 1. The maximum atomic E-state index is 12.5. The Bertz CT molecular complexity index is 879. The fourth-order valence-electron chi connectivity index (χ4n) is 3.31. The van der Waals surface area contributed by atoms with E-state index in [1.54, 1.807) is 0 Å². The summed E-state index contributed by atoms with van der Waals surface area (Å²) in [6.07, 6.45) is 5.05. The van der Waals surface area contributed by atoms with E-state index >= 15 is 0 Å². The molecule has 0 fully saturated rings. The molecule has 0 spiro atoms. The third kappa shape index (κ3) is 6.73. The van der Waals surface area contributed by atoms with Crippen molar-refractivity contribution < 1.29 is 9.53 Å². The molecule has 0 amide bonds. The summed E-state index contributed by atoms with van der Waals surface area (Å²) in [5.41, 5.74) is 3.69. The van der Waals surface area contributed by atoms with Crippen LogP contribution in [0.1, 0.15) is 37.3 Å². The average molecular weight is 463 g/mol. The van der Waals surface area contributed by atoms with E-state index in [9.17, 15) is 4.79 Å². The fourth-order valence-corrected chi connectivity index (χ4v) is 5.60. The van der Waals surface area contributed by atoms with Crippen LogP contribution in [0.4, 0.5) is 0 Å². The zero-order valence-corrected chi connectivity index (χ0v) is 19.1. The van der Waals surface area contributed by atoms with Gasteiger partial charge in [-0.1, -0.05) is 0 Å². The van der Waals surface area contributed by atoms with Gasteiger partial charge in [0.05, 0.1) is 0 Å². The van der Waals surface area contributed by atoms with Gasteiger partial charge in [0.25, 0.3) is 0 Å². The standard InChI is InChI=1S/C27H28O2Se/c1-2-29-27(28)26(30-24-18-10-5-11-19-24)21-13-12-20-25(22-14-6-3-7-15-22)23-16-8-4-9-17-23/h3-11,14-20,26H,2,12-13,21H2,1H3. The topological polar surface area (TPSA) is 26.3 Å². The number of esters is 1. The Balaban J connectivity index is 1.68. The average Bonchev–Trinajstić information content (AvgIpc) is 2.80. The second-order valence-corrected chi connectivity index (χ2v) is 9.63. The van der Waals surface area contributed by atoms with E-state index in [2.05, 4.69) is 66.7 Å². The van der Waals surface area contributed by atoms with Crippen molar-refractivity contribution in [3.8, 4) is 0 Å². The molecule has 3 aromatic carbocycles. The van der Waals surface area contributed by atoms with Gasteiger partial charge in [-0.3, -0.25) is 0 Å². The minimum atomic E-state index is -0.0586. The molecule has 1 atom stereocenters. The molecule has 0 radical (unpaired) electrons. The molecule has 154 valence electrons. The van der Waals surface area contributed by atoms with Crippen LogP contribution in [0.5, 0.6) is 0 Å². The minimum absolute atomic E-state index is 0.0369. The normalized spacial score (nSPS) is 11.5. The third-order valence-corrected chi connectivity index (χ3v) is 7.40. The first-order valence-electron chi connectivity index (χ1n) is 10.5. The number of carbonyl (C=O) groups is 1. The van der Waals surface area contributed by atoms with Gasteiger partial charge < -0.3 is 0 Å². The molecule has 0 aromatic heterocycles. The fraction of sp³-hybridized carbons (Fsp3) is 0.222. The first-order valence-corrected chi connectivity index (χ1v) is 12.3. The van der Waals surface area contributed by atoms with Gasteiger partial charge in [-0.25, -0.2) is 0 Å². The van der Waals surface area contributed by atoms with Crippen LogP contribution in [0.3, 0.4) is 0 Å². The van der Waals surface area contributed by atoms with Crippen molar-refractivity contribution in [2.24, 2.45) is 0 Å². The van der Waals surface area contributed by atoms with Crippen molar-refractivity contribution in [1.82, 2.24) is 0 Å². The van der Waals surface area contributed by atoms with Crippen LogP contribution in [0.25, 0.3) is 5.57 Å². The second-order valence-electron chi connectivity index (χ2n) is 6.95. The summed E-state index contributed by atoms with van der Waals surface area (Å²) in [4.78, 5) is 12.5. The van der Waals surface area contributed by atoms with Gasteiger partial charge in [0.1, 0.15) is 0 Å². The van der Waals surface area contributed by atoms with Crippen LogP contribution in [-0.2, 0) is 9.53 Å². The molecule has 0 saturated heterocycles.